The molecule has 5 heteroatoms. The van der Waals surface area contributed by atoms with Gasteiger partial charge in [0, 0.05) is 24.4 Å². The van der Waals surface area contributed by atoms with Crippen molar-refractivity contribution in [2.24, 2.45) is 0 Å². The summed E-state index contributed by atoms with van der Waals surface area (Å²) in [7, 11) is 0. The Labute approximate surface area is 121 Å². The summed E-state index contributed by atoms with van der Waals surface area (Å²) in [6, 6.07) is 9.25. The average molecular weight is 295 g/mol. The zero-order valence-corrected chi connectivity index (χ0v) is 11.6. The summed E-state index contributed by atoms with van der Waals surface area (Å²) in [4.78, 5) is 0. The number of anilines is 1. The number of halogens is 3. The molecule has 0 unspecified atom stereocenters. The normalized spacial score (nSPS) is 10.5. The van der Waals surface area contributed by atoms with Gasteiger partial charge in [0.25, 0.3) is 0 Å². The van der Waals surface area contributed by atoms with Crippen LogP contribution in [0.25, 0.3) is 0 Å². The maximum absolute atomic E-state index is 13.1. The first-order valence-corrected chi connectivity index (χ1v) is 6.70. The van der Waals surface area contributed by atoms with Gasteiger partial charge in [-0.2, -0.15) is 0 Å². The Balaban J connectivity index is 2.03. The molecule has 0 spiro atoms. The predicted octanol–water partition coefficient (Wildman–Crippen LogP) is 4.50. The molecule has 0 aliphatic rings. The van der Waals surface area contributed by atoms with Gasteiger partial charge >= 0.3 is 0 Å². The molecule has 0 aliphatic carbocycles. The lowest BCUT2D eigenvalue weighted by Gasteiger charge is -2.10. The van der Waals surface area contributed by atoms with E-state index < -0.39 is 17.5 Å². The van der Waals surface area contributed by atoms with Crippen LogP contribution < -0.4 is 10.1 Å². The summed E-state index contributed by atoms with van der Waals surface area (Å²) in [5.41, 5.74) is 1.08. The maximum atomic E-state index is 13.1. The second-order valence-electron chi connectivity index (χ2n) is 4.60. The molecule has 21 heavy (non-hydrogen) atoms. The van der Waals surface area contributed by atoms with Crippen LogP contribution in [-0.4, -0.2) is 6.61 Å². The van der Waals surface area contributed by atoms with E-state index in [2.05, 4.69) is 5.32 Å². The van der Waals surface area contributed by atoms with Crippen LogP contribution in [-0.2, 0) is 6.54 Å². The molecule has 0 bridgehead atoms. The quantitative estimate of drug-likeness (QED) is 0.792. The van der Waals surface area contributed by atoms with Crippen LogP contribution in [0.2, 0.25) is 0 Å². The third kappa shape index (κ3) is 4.15. The van der Waals surface area contributed by atoms with Crippen LogP contribution >= 0.6 is 0 Å². The summed E-state index contributed by atoms with van der Waals surface area (Å²) < 4.78 is 44.5. The van der Waals surface area contributed by atoms with Crippen LogP contribution in [0.4, 0.5) is 18.9 Å². The fraction of sp³-hybridized carbons (Fsp3) is 0.250. The van der Waals surface area contributed by atoms with Crippen molar-refractivity contribution in [3.8, 4) is 5.75 Å². The first-order valence-electron chi connectivity index (χ1n) is 6.70. The molecule has 112 valence electrons. The van der Waals surface area contributed by atoms with Crippen molar-refractivity contribution in [1.82, 2.24) is 0 Å². The van der Waals surface area contributed by atoms with Crippen molar-refractivity contribution < 1.29 is 17.9 Å². The predicted molar refractivity (Wildman–Crippen MR) is 75.9 cm³/mol. The Kier molecular flexibility index (Phi) is 5.09. The second kappa shape index (κ2) is 7.02. The molecule has 0 aromatic heterocycles. The topological polar surface area (TPSA) is 21.3 Å². The van der Waals surface area contributed by atoms with Crippen molar-refractivity contribution in [2.75, 3.05) is 11.9 Å². The average Bonchev–Trinajstić information content (AvgIpc) is 2.49. The minimum atomic E-state index is -1.46. The van der Waals surface area contributed by atoms with Crippen LogP contribution in [0.5, 0.6) is 5.75 Å². The Morgan fingerprint density at radius 1 is 1.05 bits per heavy atom. The zero-order chi connectivity index (χ0) is 15.2. The maximum Gasteiger partial charge on any atom is 0.194 e. The number of benzene rings is 2. The van der Waals surface area contributed by atoms with E-state index in [1.807, 2.05) is 31.2 Å². The van der Waals surface area contributed by atoms with Crippen LogP contribution in [0.1, 0.15) is 18.9 Å². The van der Waals surface area contributed by atoms with Gasteiger partial charge in [-0.05, 0) is 24.1 Å². The van der Waals surface area contributed by atoms with Crippen LogP contribution in [0, 0.1) is 17.5 Å². The van der Waals surface area contributed by atoms with E-state index in [1.165, 1.54) is 0 Å². The Morgan fingerprint density at radius 2 is 1.76 bits per heavy atom. The lowest BCUT2D eigenvalue weighted by Crippen LogP contribution is -2.02. The molecule has 0 aliphatic heterocycles. The molecule has 0 saturated heterocycles. The number of hydrogen-bond donors (Lipinski definition) is 1. The molecule has 2 aromatic carbocycles. The van der Waals surface area contributed by atoms with Crippen molar-refractivity contribution in [3.63, 3.8) is 0 Å². The lowest BCUT2D eigenvalue weighted by molar-refractivity contribution is 0.317. The van der Waals surface area contributed by atoms with Gasteiger partial charge in [-0.3, -0.25) is 0 Å². The van der Waals surface area contributed by atoms with Crippen LogP contribution in [0.3, 0.4) is 0 Å². The third-order valence-electron chi connectivity index (χ3n) is 2.85. The minimum absolute atomic E-state index is 0.186. The van der Waals surface area contributed by atoms with Crippen LogP contribution in [0.15, 0.2) is 36.4 Å². The van der Waals surface area contributed by atoms with E-state index >= 15 is 0 Å². The molecule has 0 fully saturated rings. The van der Waals surface area contributed by atoms with Gasteiger partial charge in [-0.25, -0.2) is 13.2 Å². The highest BCUT2D eigenvalue weighted by atomic mass is 19.2. The molecule has 2 nitrogen and oxygen atoms in total. The monoisotopic (exact) mass is 295 g/mol. The molecular formula is C16H16F3NO. The largest absolute Gasteiger partial charge is 0.494 e. The van der Waals surface area contributed by atoms with Gasteiger partial charge in [0.15, 0.2) is 17.5 Å². The van der Waals surface area contributed by atoms with Crippen molar-refractivity contribution in [2.45, 2.75) is 19.9 Å². The van der Waals surface area contributed by atoms with Gasteiger partial charge < -0.3 is 10.1 Å². The highest BCUT2D eigenvalue weighted by Crippen LogP contribution is 2.19. The van der Waals surface area contributed by atoms with E-state index in [1.54, 1.807) is 0 Å². The first-order chi connectivity index (χ1) is 10.1. The highest BCUT2D eigenvalue weighted by Gasteiger charge is 2.10. The number of rotatable bonds is 6. The van der Waals surface area contributed by atoms with Gasteiger partial charge in [0.05, 0.1) is 6.61 Å². The van der Waals surface area contributed by atoms with Gasteiger partial charge in [-0.1, -0.05) is 19.1 Å². The van der Waals surface area contributed by atoms with Gasteiger partial charge in [0.2, 0.25) is 0 Å². The summed E-state index contributed by atoms with van der Waals surface area (Å²) in [5, 5.41) is 2.85. The standard InChI is InChI=1S/C16H16F3NO/c1-2-6-21-13-5-3-4-11(7-13)10-20-12-8-14(17)16(19)15(18)9-12/h3-5,7-9,20H,2,6,10H2,1H3. The van der Waals surface area contributed by atoms with E-state index in [4.69, 9.17) is 4.74 Å². The summed E-state index contributed by atoms with van der Waals surface area (Å²) >= 11 is 0. The molecule has 0 radical (unpaired) electrons. The second-order valence-corrected chi connectivity index (χ2v) is 4.60. The number of nitrogens with one attached hydrogen (secondary N) is 1. The summed E-state index contributed by atoms with van der Waals surface area (Å²) in [5.74, 6) is -3.14. The van der Waals surface area contributed by atoms with Gasteiger partial charge in [-0.15, -0.1) is 0 Å². The summed E-state index contributed by atoms with van der Waals surface area (Å²) in [6.45, 7) is 3.00. The Morgan fingerprint density at radius 3 is 2.43 bits per heavy atom. The molecule has 2 rings (SSSR count). The molecule has 0 saturated carbocycles. The van der Waals surface area contributed by atoms with E-state index in [0.29, 0.717) is 13.2 Å². The van der Waals surface area contributed by atoms with Crippen molar-refractivity contribution in [3.05, 3.63) is 59.4 Å². The third-order valence-corrected chi connectivity index (χ3v) is 2.85. The fourth-order valence-corrected chi connectivity index (χ4v) is 1.83. The highest BCUT2D eigenvalue weighted by molar-refractivity contribution is 5.45. The molecule has 0 heterocycles. The van der Waals surface area contributed by atoms with E-state index in [-0.39, 0.29) is 5.69 Å². The Hall–Kier alpha value is -2.17. The van der Waals surface area contributed by atoms with Gasteiger partial charge in [0.1, 0.15) is 5.75 Å². The molecule has 0 atom stereocenters. The van der Waals surface area contributed by atoms with E-state index in [0.717, 1.165) is 29.9 Å². The smallest absolute Gasteiger partial charge is 0.194 e. The molecule has 1 N–H and O–H groups in total. The molecule has 2 aromatic rings. The van der Waals surface area contributed by atoms with Crippen molar-refractivity contribution in [1.29, 1.82) is 0 Å². The van der Waals surface area contributed by atoms with E-state index in [9.17, 15) is 13.2 Å². The lowest BCUT2D eigenvalue weighted by atomic mass is 10.2. The minimum Gasteiger partial charge on any atom is -0.494 e. The Bertz CT molecular complexity index is 593. The fourth-order valence-electron chi connectivity index (χ4n) is 1.83. The number of hydrogen-bond acceptors (Lipinski definition) is 2. The molecule has 0 amide bonds. The summed E-state index contributed by atoms with van der Waals surface area (Å²) in [6.07, 6.45) is 0.913. The zero-order valence-electron chi connectivity index (χ0n) is 11.6. The first kappa shape index (κ1) is 15.2. The van der Waals surface area contributed by atoms with Crippen molar-refractivity contribution >= 4 is 5.69 Å². The number of ether oxygens (including phenoxy) is 1. The molecular weight excluding hydrogens is 279 g/mol. The SMILES string of the molecule is CCCOc1cccc(CNc2cc(F)c(F)c(F)c2)c1.